The molecule has 0 saturated heterocycles. The summed E-state index contributed by atoms with van der Waals surface area (Å²) in [7, 11) is 0. The molecule has 1 aliphatic carbocycles. The van der Waals surface area contributed by atoms with E-state index in [1.807, 2.05) is 0 Å². The lowest BCUT2D eigenvalue weighted by Gasteiger charge is -2.24. The SMILES string of the molecule is CC(CN)CCC1(C)CCCC1. The van der Waals surface area contributed by atoms with Crippen LogP contribution in [0.1, 0.15) is 52.4 Å². The summed E-state index contributed by atoms with van der Waals surface area (Å²) in [5, 5.41) is 0. The number of rotatable bonds is 4. The topological polar surface area (TPSA) is 26.0 Å². The Hall–Kier alpha value is -0.0400. The molecule has 0 radical (unpaired) electrons. The molecule has 1 rings (SSSR count). The molecule has 0 bridgehead atoms. The van der Waals surface area contributed by atoms with E-state index in [1.165, 1.54) is 38.5 Å². The Labute approximate surface area is 76.7 Å². The van der Waals surface area contributed by atoms with Gasteiger partial charge in [-0.15, -0.1) is 0 Å². The summed E-state index contributed by atoms with van der Waals surface area (Å²) in [6.45, 7) is 5.57. The zero-order valence-corrected chi connectivity index (χ0v) is 8.60. The van der Waals surface area contributed by atoms with E-state index < -0.39 is 0 Å². The zero-order valence-electron chi connectivity index (χ0n) is 8.60. The van der Waals surface area contributed by atoms with Crippen LogP contribution in [0.4, 0.5) is 0 Å². The van der Waals surface area contributed by atoms with Crippen LogP contribution < -0.4 is 5.73 Å². The quantitative estimate of drug-likeness (QED) is 0.688. The van der Waals surface area contributed by atoms with Crippen molar-refractivity contribution in [2.75, 3.05) is 6.54 Å². The molecule has 0 heterocycles. The Morgan fingerprint density at radius 3 is 2.42 bits per heavy atom. The Morgan fingerprint density at radius 1 is 1.33 bits per heavy atom. The molecule has 1 unspecified atom stereocenters. The first-order valence-electron chi connectivity index (χ1n) is 5.36. The van der Waals surface area contributed by atoms with Gasteiger partial charge >= 0.3 is 0 Å². The lowest BCUT2D eigenvalue weighted by Crippen LogP contribution is -2.16. The van der Waals surface area contributed by atoms with Gasteiger partial charge in [-0.3, -0.25) is 0 Å². The van der Waals surface area contributed by atoms with Gasteiger partial charge in [0.25, 0.3) is 0 Å². The van der Waals surface area contributed by atoms with E-state index in [0.29, 0.717) is 5.41 Å². The van der Waals surface area contributed by atoms with Gasteiger partial charge < -0.3 is 5.73 Å². The third-order valence-corrected chi connectivity index (χ3v) is 3.45. The third kappa shape index (κ3) is 2.78. The molecular formula is C11H23N. The molecular weight excluding hydrogens is 146 g/mol. The molecule has 0 aliphatic heterocycles. The van der Waals surface area contributed by atoms with Crippen molar-refractivity contribution in [3.8, 4) is 0 Å². The molecule has 1 saturated carbocycles. The Balaban J connectivity index is 2.21. The number of hydrogen-bond donors (Lipinski definition) is 1. The minimum absolute atomic E-state index is 0.670. The molecule has 1 aliphatic rings. The predicted molar refractivity (Wildman–Crippen MR) is 54.0 cm³/mol. The van der Waals surface area contributed by atoms with Crippen LogP contribution in [0.3, 0.4) is 0 Å². The maximum absolute atomic E-state index is 5.60. The lowest BCUT2D eigenvalue weighted by atomic mass is 9.82. The molecule has 12 heavy (non-hydrogen) atoms. The summed E-state index contributed by atoms with van der Waals surface area (Å²) in [4.78, 5) is 0. The van der Waals surface area contributed by atoms with Crippen LogP contribution in [0.5, 0.6) is 0 Å². The van der Waals surface area contributed by atoms with Crippen LogP contribution in [-0.2, 0) is 0 Å². The predicted octanol–water partition coefficient (Wildman–Crippen LogP) is 2.94. The normalized spacial score (nSPS) is 24.2. The molecule has 0 spiro atoms. The summed E-state index contributed by atoms with van der Waals surface area (Å²) in [6.07, 6.45) is 8.52. The van der Waals surface area contributed by atoms with Crippen LogP contribution in [0.15, 0.2) is 0 Å². The largest absolute Gasteiger partial charge is 0.330 e. The first-order chi connectivity index (χ1) is 5.66. The van der Waals surface area contributed by atoms with Gasteiger partial charge in [-0.05, 0) is 43.6 Å². The molecule has 1 atom stereocenters. The Kier molecular flexibility index (Phi) is 3.57. The molecule has 2 N–H and O–H groups in total. The van der Waals surface area contributed by atoms with Gasteiger partial charge in [-0.1, -0.05) is 26.7 Å². The Bertz CT molecular complexity index is 125. The van der Waals surface area contributed by atoms with E-state index in [1.54, 1.807) is 0 Å². The number of hydrogen-bond acceptors (Lipinski definition) is 1. The second-order valence-corrected chi connectivity index (χ2v) is 4.90. The number of nitrogens with two attached hydrogens (primary N) is 1. The van der Waals surface area contributed by atoms with Crippen LogP contribution in [0.25, 0.3) is 0 Å². The van der Waals surface area contributed by atoms with Gasteiger partial charge in [0.1, 0.15) is 0 Å². The minimum Gasteiger partial charge on any atom is -0.330 e. The third-order valence-electron chi connectivity index (χ3n) is 3.45. The molecule has 72 valence electrons. The molecule has 1 fully saturated rings. The summed E-state index contributed by atoms with van der Waals surface area (Å²) >= 11 is 0. The molecule has 0 aromatic rings. The van der Waals surface area contributed by atoms with Gasteiger partial charge in [-0.25, -0.2) is 0 Å². The first-order valence-corrected chi connectivity index (χ1v) is 5.36. The van der Waals surface area contributed by atoms with Crippen molar-refractivity contribution in [1.29, 1.82) is 0 Å². The van der Waals surface area contributed by atoms with Gasteiger partial charge in [0.2, 0.25) is 0 Å². The van der Waals surface area contributed by atoms with Gasteiger partial charge in [0.15, 0.2) is 0 Å². The average Bonchev–Trinajstić information content (AvgIpc) is 2.49. The average molecular weight is 169 g/mol. The smallest absolute Gasteiger partial charge is 0.00515 e. The van der Waals surface area contributed by atoms with E-state index in [-0.39, 0.29) is 0 Å². The van der Waals surface area contributed by atoms with Crippen molar-refractivity contribution in [2.45, 2.75) is 52.4 Å². The lowest BCUT2D eigenvalue weighted by molar-refractivity contribution is 0.278. The monoisotopic (exact) mass is 169 g/mol. The zero-order chi connectivity index (χ0) is 9.03. The maximum atomic E-state index is 5.60. The van der Waals surface area contributed by atoms with Crippen molar-refractivity contribution < 1.29 is 0 Å². The van der Waals surface area contributed by atoms with Gasteiger partial charge in [0.05, 0.1) is 0 Å². The fourth-order valence-corrected chi connectivity index (χ4v) is 2.19. The van der Waals surface area contributed by atoms with E-state index in [9.17, 15) is 0 Å². The highest BCUT2D eigenvalue weighted by Crippen LogP contribution is 2.41. The fraction of sp³-hybridized carbons (Fsp3) is 1.00. The molecule has 1 nitrogen and oxygen atoms in total. The van der Waals surface area contributed by atoms with Crippen molar-refractivity contribution in [3.05, 3.63) is 0 Å². The fourth-order valence-electron chi connectivity index (χ4n) is 2.19. The second kappa shape index (κ2) is 4.27. The van der Waals surface area contributed by atoms with E-state index in [2.05, 4.69) is 13.8 Å². The summed E-state index contributed by atoms with van der Waals surface area (Å²) in [5.74, 6) is 0.724. The van der Waals surface area contributed by atoms with Crippen molar-refractivity contribution in [2.24, 2.45) is 17.1 Å². The first kappa shape index (κ1) is 10.0. The standard InChI is InChI=1S/C11H23N/c1-10(9-12)5-8-11(2)6-3-4-7-11/h10H,3-9,12H2,1-2H3. The van der Waals surface area contributed by atoms with Crippen LogP contribution in [0.2, 0.25) is 0 Å². The summed E-state index contributed by atoms with van der Waals surface area (Å²) in [6, 6.07) is 0. The summed E-state index contributed by atoms with van der Waals surface area (Å²) in [5.41, 5.74) is 6.27. The van der Waals surface area contributed by atoms with E-state index in [4.69, 9.17) is 5.73 Å². The van der Waals surface area contributed by atoms with Crippen LogP contribution >= 0.6 is 0 Å². The van der Waals surface area contributed by atoms with Crippen molar-refractivity contribution in [3.63, 3.8) is 0 Å². The second-order valence-electron chi connectivity index (χ2n) is 4.90. The summed E-state index contributed by atoms with van der Waals surface area (Å²) < 4.78 is 0. The van der Waals surface area contributed by atoms with Gasteiger partial charge in [-0.2, -0.15) is 0 Å². The maximum Gasteiger partial charge on any atom is -0.00515 e. The highest BCUT2D eigenvalue weighted by Gasteiger charge is 2.28. The molecule has 0 aromatic carbocycles. The van der Waals surface area contributed by atoms with E-state index in [0.717, 1.165) is 12.5 Å². The van der Waals surface area contributed by atoms with Crippen molar-refractivity contribution >= 4 is 0 Å². The molecule has 1 heteroatoms. The molecule has 0 amide bonds. The molecule has 0 aromatic heterocycles. The van der Waals surface area contributed by atoms with Crippen LogP contribution in [0, 0.1) is 11.3 Å². The minimum atomic E-state index is 0.670. The highest BCUT2D eigenvalue weighted by atomic mass is 14.5. The van der Waals surface area contributed by atoms with Gasteiger partial charge in [0, 0.05) is 0 Å². The Morgan fingerprint density at radius 2 is 1.92 bits per heavy atom. The van der Waals surface area contributed by atoms with E-state index >= 15 is 0 Å². The van der Waals surface area contributed by atoms with Crippen LogP contribution in [-0.4, -0.2) is 6.54 Å². The van der Waals surface area contributed by atoms with Crippen molar-refractivity contribution in [1.82, 2.24) is 0 Å². The highest BCUT2D eigenvalue weighted by molar-refractivity contribution is 4.80.